The normalized spacial score (nSPS) is 13.3. The molecule has 0 aliphatic carbocycles. The Morgan fingerprint density at radius 3 is 3.09 bits per heavy atom. The second-order valence-electron chi connectivity index (χ2n) is 2.40. The average Bonchev–Trinajstić information content (AvgIpc) is 2.52. The number of thiophene rings is 1. The van der Waals surface area contributed by atoms with Crippen LogP contribution in [0.25, 0.3) is 0 Å². The van der Waals surface area contributed by atoms with Crippen LogP contribution in [0.3, 0.4) is 0 Å². The fourth-order valence-corrected chi connectivity index (χ4v) is 1.65. The van der Waals surface area contributed by atoms with E-state index in [0.29, 0.717) is 0 Å². The Labute approximate surface area is 71.0 Å². The molecule has 2 nitrogen and oxygen atoms in total. The van der Waals surface area contributed by atoms with Gasteiger partial charge in [-0.15, -0.1) is 11.3 Å². The quantitative estimate of drug-likeness (QED) is 0.749. The van der Waals surface area contributed by atoms with Gasteiger partial charge in [0.05, 0.1) is 0 Å². The van der Waals surface area contributed by atoms with Crippen molar-refractivity contribution in [2.24, 2.45) is 5.73 Å². The monoisotopic (exact) mass is 171 g/mol. The Morgan fingerprint density at radius 1 is 1.73 bits per heavy atom. The first-order chi connectivity index (χ1) is 5.34. The zero-order valence-corrected chi connectivity index (χ0v) is 7.43. The molecular weight excluding hydrogens is 158 g/mol. The lowest BCUT2D eigenvalue weighted by molar-refractivity contribution is 0.188. The van der Waals surface area contributed by atoms with Crippen LogP contribution in [-0.4, -0.2) is 13.7 Å². The molecular formula is C8H13NOS. The van der Waals surface area contributed by atoms with E-state index in [1.54, 1.807) is 18.4 Å². The highest BCUT2D eigenvalue weighted by molar-refractivity contribution is 7.10. The topological polar surface area (TPSA) is 35.2 Å². The van der Waals surface area contributed by atoms with Gasteiger partial charge in [-0.2, -0.15) is 0 Å². The molecule has 1 atom stereocenters. The van der Waals surface area contributed by atoms with Crippen LogP contribution in [0.5, 0.6) is 0 Å². The van der Waals surface area contributed by atoms with Gasteiger partial charge in [0.2, 0.25) is 0 Å². The molecule has 0 bridgehead atoms. The van der Waals surface area contributed by atoms with Gasteiger partial charge in [-0.3, -0.25) is 0 Å². The average molecular weight is 171 g/mol. The molecule has 0 aliphatic rings. The molecule has 0 spiro atoms. The summed E-state index contributed by atoms with van der Waals surface area (Å²) in [5.41, 5.74) is 5.86. The van der Waals surface area contributed by atoms with E-state index < -0.39 is 0 Å². The van der Waals surface area contributed by atoms with Gasteiger partial charge in [0.25, 0.3) is 0 Å². The van der Waals surface area contributed by atoms with E-state index >= 15 is 0 Å². The van der Waals surface area contributed by atoms with E-state index in [0.717, 1.165) is 13.0 Å². The van der Waals surface area contributed by atoms with E-state index in [9.17, 15) is 0 Å². The predicted octanol–water partition coefficient (Wildman–Crippen LogP) is 1.78. The van der Waals surface area contributed by atoms with Crippen LogP contribution in [-0.2, 0) is 4.74 Å². The van der Waals surface area contributed by atoms with Crippen molar-refractivity contribution in [2.75, 3.05) is 13.7 Å². The third-order valence-electron chi connectivity index (χ3n) is 1.54. The maximum absolute atomic E-state index is 5.86. The lowest BCUT2D eigenvalue weighted by Crippen LogP contribution is -2.10. The summed E-state index contributed by atoms with van der Waals surface area (Å²) in [7, 11) is 1.70. The van der Waals surface area contributed by atoms with Crippen LogP contribution < -0.4 is 5.73 Å². The molecule has 1 aromatic rings. The van der Waals surface area contributed by atoms with E-state index in [1.165, 1.54) is 4.88 Å². The van der Waals surface area contributed by atoms with Gasteiger partial charge in [0.1, 0.15) is 0 Å². The van der Waals surface area contributed by atoms with Crippen molar-refractivity contribution in [3.05, 3.63) is 22.4 Å². The molecule has 1 rings (SSSR count). The Morgan fingerprint density at radius 2 is 2.55 bits per heavy atom. The van der Waals surface area contributed by atoms with Crippen LogP contribution in [0.4, 0.5) is 0 Å². The van der Waals surface area contributed by atoms with Gasteiger partial charge in [-0.05, 0) is 17.9 Å². The Hall–Kier alpha value is -0.380. The number of hydrogen-bond donors (Lipinski definition) is 1. The fraction of sp³-hybridized carbons (Fsp3) is 0.500. The molecule has 0 saturated carbocycles. The maximum atomic E-state index is 5.86. The molecule has 0 amide bonds. The highest BCUT2D eigenvalue weighted by Gasteiger charge is 2.04. The summed E-state index contributed by atoms with van der Waals surface area (Å²) in [6.07, 6.45) is 0.900. The second-order valence-corrected chi connectivity index (χ2v) is 3.38. The summed E-state index contributed by atoms with van der Waals surface area (Å²) in [5, 5.41) is 2.04. The molecule has 1 unspecified atom stereocenters. The molecule has 62 valence electrons. The minimum absolute atomic E-state index is 0.148. The van der Waals surface area contributed by atoms with Crippen molar-refractivity contribution in [1.29, 1.82) is 0 Å². The molecule has 2 N–H and O–H groups in total. The van der Waals surface area contributed by atoms with Gasteiger partial charge < -0.3 is 10.5 Å². The standard InChI is InChI=1S/C8H13NOS/c1-10-5-4-7(9)8-3-2-6-11-8/h2-3,6-7H,4-5,9H2,1H3. The van der Waals surface area contributed by atoms with Gasteiger partial charge in [-0.1, -0.05) is 6.07 Å². The van der Waals surface area contributed by atoms with Crippen LogP contribution in [0, 0.1) is 0 Å². The van der Waals surface area contributed by atoms with Crippen LogP contribution in [0.2, 0.25) is 0 Å². The lowest BCUT2D eigenvalue weighted by Gasteiger charge is -2.07. The zero-order chi connectivity index (χ0) is 8.10. The number of methoxy groups -OCH3 is 1. The highest BCUT2D eigenvalue weighted by Crippen LogP contribution is 2.18. The van der Waals surface area contributed by atoms with Gasteiger partial charge in [-0.25, -0.2) is 0 Å². The molecule has 0 radical (unpaired) electrons. The molecule has 0 saturated heterocycles. The van der Waals surface area contributed by atoms with E-state index in [1.807, 2.05) is 11.4 Å². The highest BCUT2D eigenvalue weighted by atomic mass is 32.1. The smallest absolute Gasteiger partial charge is 0.0480 e. The number of rotatable bonds is 4. The molecule has 0 fully saturated rings. The largest absolute Gasteiger partial charge is 0.385 e. The first kappa shape index (κ1) is 8.71. The summed E-state index contributed by atoms with van der Waals surface area (Å²) in [4.78, 5) is 1.24. The van der Waals surface area contributed by atoms with Crippen LogP contribution >= 0.6 is 11.3 Å². The molecule has 1 aromatic heterocycles. The van der Waals surface area contributed by atoms with Gasteiger partial charge in [0.15, 0.2) is 0 Å². The number of hydrogen-bond acceptors (Lipinski definition) is 3. The van der Waals surface area contributed by atoms with Crippen LogP contribution in [0.1, 0.15) is 17.3 Å². The summed E-state index contributed by atoms with van der Waals surface area (Å²) in [5.74, 6) is 0. The first-order valence-corrected chi connectivity index (χ1v) is 4.50. The predicted molar refractivity (Wildman–Crippen MR) is 47.7 cm³/mol. The summed E-state index contributed by atoms with van der Waals surface area (Å²) < 4.78 is 4.94. The van der Waals surface area contributed by atoms with Crippen molar-refractivity contribution >= 4 is 11.3 Å². The maximum Gasteiger partial charge on any atom is 0.0480 e. The van der Waals surface area contributed by atoms with E-state index in [-0.39, 0.29) is 6.04 Å². The number of nitrogens with two attached hydrogens (primary N) is 1. The minimum atomic E-state index is 0.148. The minimum Gasteiger partial charge on any atom is -0.385 e. The molecule has 0 aliphatic heterocycles. The third kappa shape index (κ3) is 2.61. The summed E-state index contributed by atoms with van der Waals surface area (Å²) in [6.45, 7) is 0.735. The van der Waals surface area contributed by atoms with E-state index in [4.69, 9.17) is 10.5 Å². The molecule has 3 heteroatoms. The molecule has 11 heavy (non-hydrogen) atoms. The van der Waals surface area contributed by atoms with Gasteiger partial charge >= 0.3 is 0 Å². The fourth-order valence-electron chi connectivity index (χ4n) is 0.889. The molecule has 1 heterocycles. The second kappa shape index (κ2) is 4.49. The van der Waals surface area contributed by atoms with Crippen molar-refractivity contribution in [3.63, 3.8) is 0 Å². The number of ether oxygens (including phenoxy) is 1. The van der Waals surface area contributed by atoms with Gasteiger partial charge in [0, 0.05) is 24.6 Å². The Kier molecular flexibility index (Phi) is 3.56. The lowest BCUT2D eigenvalue weighted by atomic mass is 10.2. The third-order valence-corrected chi connectivity index (χ3v) is 2.55. The Bertz CT molecular complexity index is 186. The van der Waals surface area contributed by atoms with E-state index in [2.05, 4.69) is 6.07 Å². The summed E-state index contributed by atoms with van der Waals surface area (Å²) in [6, 6.07) is 4.23. The molecule has 0 aromatic carbocycles. The van der Waals surface area contributed by atoms with Crippen molar-refractivity contribution in [2.45, 2.75) is 12.5 Å². The SMILES string of the molecule is COCCC(N)c1cccs1. The summed E-state index contributed by atoms with van der Waals surface area (Å²) >= 11 is 1.70. The van der Waals surface area contributed by atoms with Crippen molar-refractivity contribution < 1.29 is 4.74 Å². The Balaban J connectivity index is 2.36. The van der Waals surface area contributed by atoms with Crippen molar-refractivity contribution in [1.82, 2.24) is 0 Å². The first-order valence-electron chi connectivity index (χ1n) is 3.62. The van der Waals surface area contributed by atoms with Crippen LogP contribution in [0.15, 0.2) is 17.5 Å². The zero-order valence-electron chi connectivity index (χ0n) is 6.62. The van der Waals surface area contributed by atoms with Crippen molar-refractivity contribution in [3.8, 4) is 0 Å².